The zero-order chi connectivity index (χ0) is 16.1. The van der Waals surface area contributed by atoms with E-state index in [4.69, 9.17) is 4.74 Å². The molecule has 0 spiro atoms. The highest BCUT2D eigenvalue weighted by atomic mass is 79.9. The Morgan fingerprint density at radius 3 is 2.68 bits per heavy atom. The van der Waals surface area contributed by atoms with Crippen molar-refractivity contribution in [1.29, 1.82) is 0 Å². The molecule has 2 rings (SSSR count). The van der Waals surface area contributed by atoms with Gasteiger partial charge in [0.1, 0.15) is 5.75 Å². The molecular formula is C17H13BrO4. The first-order valence-electron chi connectivity index (χ1n) is 6.41. The summed E-state index contributed by atoms with van der Waals surface area (Å²) in [6.07, 6.45) is 2.87. The Bertz CT molecular complexity index is 797. The molecule has 0 bridgehead atoms. The summed E-state index contributed by atoms with van der Waals surface area (Å²) in [6, 6.07) is 11.3. The Morgan fingerprint density at radius 2 is 1.95 bits per heavy atom. The standard InChI is InChI=1S/C17H13BrO4/c1-22-16-5-3-2-4-11(16)6-8-14(19)13-10-12(18)7-9-15(20)17(13)21/h2-10H,1H3,(H,20,21)/b8-6+. The summed E-state index contributed by atoms with van der Waals surface area (Å²) in [5.74, 6) is -0.419. The van der Waals surface area contributed by atoms with E-state index in [1.165, 1.54) is 24.3 Å². The van der Waals surface area contributed by atoms with Crippen molar-refractivity contribution < 1.29 is 14.6 Å². The van der Waals surface area contributed by atoms with Gasteiger partial charge in [-0.15, -0.1) is 0 Å². The average Bonchev–Trinajstić information content (AvgIpc) is 2.66. The number of aromatic hydroxyl groups is 1. The average molecular weight is 361 g/mol. The third-order valence-corrected chi connectivity index (χ3v) is 3.48. The monoisotopic (exact) mass is 360 g/mol. The van der Waals surface area contributed by atoms with E-state index in [9.17, 15) is 14.7 Å². The molecule has 0 saturated carbocycles. The van der Waals surface area contributed by atoms with Crippen LogP contribution in [0, 0.1) is 0 Å². The summed E-state index contributed by atoms with van der Waals surface area (Å²) in [7, 11) is 1.54. The molecule has 1 N–H and O–H groups in total. The van der Waals surface area contributed by atoms with E-state index < -0.39 is 17.0 Å². The molecule has 112 valence electrons. The highest BCUT2D eigenvalue weighted by Crippen LogP contribution is 2.21. The Morgan fingerprint density at radius 1 is 1.23 bits per heavy atom. The Kier molecular flexibility index (Phi) is 5.12. The largest absolute Gasteiger partial charge is 0.504 e. The zero-order valence-corrected chi connectivity index (χ0v) is 13.3. The maximum absolute atomic E-state index is 12.2. The lowest BCUT2D eigenvalue weighted by Gasteiger charge is -2.03. The van der Waals surface area contributed by atoms with Crippen molar-refractivity contribution in [3.05, 3.63) is 74.4 Å². The van der Waals surface area contributed by atoms with E-state index in [1.807, 2.05) is 12.1 Å². The molecule has 0 aliphatic heterocycles. The summed E-state index contributed by atoms with van der Waals surface area (Å²) in [6.45, 7) is 0. The molecule has 0 fully saturated rings. The second-order valence-electron chi connectivity index (χ2n) is 4.43. The summed E-state index contributed by atoms with van der Waals surface area (Å²) >= 11 is 3.20. The number of ether oxygens (including phenoxy) is 1. The molecular weight excluding hydrogens is 348 g/mol. The topological polar surface area (TPSA) is 63.6 Å². The highest BCUT2D eigenvalue weighted by molar-refractivity contribution is 9.10. The van der Waals surface area contributed by atoms with Crippen LogP contribution in [0.25, 0.3) is 6.08 Å². The zero-order valence-electron chi connectivity index (χ0n) is 11.7. The molecule has 4 nitrogen and oxygen atoms in total. The molecule has 2 aromatic rings. The van der Waals surface area contributed by atoms with Gasteiger partial charge in [-0.1, -0.05) is 34.1 Å². The lowest BCUT2D eigenvalue weighted by molar-refractivity contribution is 0.104. The first kappa shape index (κ1) is 16.0. The molecule has 2 aromatic carbocycles. The van der Waals surface area contributed by atoms with Gasteiger partial charge in [-0.05, 0) is 36.4 Å². The molecule has 0 atom stereocenters. The smallest absolute Gasteiger partial charge is 0.220 e. The van der Waals surface area contributed by atoms with E-state index in [-0.39, 0.29) is 5.56 Å². The normalized spacial score (nSPS) is 10.6. The fourth-order valence-electron chi connectivity index (χ4n) is 1.87. The van der Waals surface area contributed by atoms with Crippen molar-refractivity contribution in [2.45, 2.75) is 0 Å². The van der Waals surface area contributed by atoms with Crippen LogP contribution in [0.1, 0.15) is 15.9 Å². The fraction of sp³-hybridized carbons (Fsp3) is 0.0588. The predicted molar refractivity (Wildman–Crippen MR) is 88.4 cm³/mol. The predicted octanol–water partition coefficient (Wildman–Crippen LogP) is 3.42. The second-order valence-corrected chi connectivity index (χ2v) is 5.34. The number of methoxy groups -OCH3 is 1. The van der Waals surface area contributed by atoms with E-state index in [2.05, 4.69) is 15.9 Å². The van der Waals surface area contributed by atoms with Crippen LogP contribution in [0.2, 0.25) is 0 Å². The number of carbonyl (C=O) groups is 1. The Labute approximate surface area is 135 Å². The van der Waals surface area contributed by atoms with Gasteiger partial charge in [0.05, 0.1) is 12.7 Å². The van der Waals surface area contributed by atoms with Crippen LogP contribution in [0.15, 0.2) is 57.8 Å². The molecule has 0 heterocycles. The molecule has 0 amide bonds. The van der Waals surface area contributed by atoms with Crippen LogP contribution in [-0.4, -0.2) is 18.0 Å². The first-order chi connectivity index (χ1) is 10.5. The second kappa shape index (κ2) is 7.04. The third kappa shape index (κ3) is 3.62. The van der Waals surface area contributed by atoms with Crippen LogP contribution in [-0.2, 0) is 0 Å². The Hall–Kier alpha value is -2.40. The van der Waals surface area contributed by atoms with Crippen molar-refractivity contribution in [1.82, 2.24) is 0 Å². The minimum Gasteiger partial charge on any atom is -0.504 e. The molecule has 0 aliphatic rings. The maximum Gasteiger partial charge on any atom is 0.220 e. The summed E-state index contributed by atoms with van der Waals surface area (Å²) in [5.41, 5.74) is 0.0484. The SMILES string of the molecule is COc1ccccc1/C=C/C(=O)c1cc(Br)ccc(=O)c1O. The number of hydrogen-bond acceptors (Lipinski definition) is 4. The number of allylic oxidation sites excluding steroid dienone is 1. The number of hydrogen-bond donors (Lipinski definition) is 1. The van der Waals surface area contributed by atoms with E-state index in [0.717, 1.165) is 5.56 Å². The quantitative estimate of drug-likeness (QED) is 0.670. The first-order valence-corrected chi connectivity index (χ1v) is 7.20. The number of para-hydroxylation sites is 1. The van der Waals surface area contributed by atoms with Crippen LogP contribution >= 0.6 is 15.9 Å². The summed E-state index contributed by atoms with van der Waals surface area (Å²) in [4.78, 5) is 23.8. The van der Waals surface area contributed by atoms with Crippen LogP contribution in [0.5, 0.6) is 11.5 Å². The number of rotatable bonds is 4. The lowest BCUT2D eigenvalue weighted by Crippen LogP contribution is -2.01. The van der Waals surface area contributed by atoms with Gasteiger partial charge in [-0.2, -0.15) is 0 Å². The number of halogens is 1. The van der Waals surface area contributed by atoms with Crippen LogP contribution in [0.3, 0.4) is 0 Å². The van der Waals surface area contributed by atoms with E-state index in [1.54, 1.807) is 25.3 Å². The summed E-state index contributed by atoms with van der Waals surface area (Å²) < 4.78 is 5.72. The molecule has 22 heavy (non-hydrogen) atoms. The molecule has 5 heteroatoms. The molecule has 0 aliphatic carbocycles. The van der Waals surface area contributed by atoms with Crippen LogP contribution in [0.4, 0.5) is 0 Å². The van der Waals surface area contributed by atoms with Crippen molar-refractivity contribution in [3.8, 4) is 11.5 Å². The van der Waals surface area contributed by atoms with E-state index >= 15 is 0 Å². The molecule has 0 saturated heterocycles. The Balaban J connectivity index is 2.40. The van der Waals surface area contributed by atoms with Gasteiger partial charge in [0.15, 0.2) is 11.5 Å². The molecule has 0 unspecified atom stereocenters. The molecule has 0 aromatic heterocycles. The summed E-state index contributed by atoms with van der Waals surface area (Å²) in [5, 5.41) is 9.84. The third-order valence-electron chi connectivity index (χ3n) is 2.98. The van der Waals surface area contributed by atoms with Gasteiger partial charge in [0, 0.05) is 10.0 Å². The van der Waals surface area contributed by atoms with Crippen molar-refractivity contribution in [2.75, 3.05) is 7.11 Å². The number of benzene rings is 1. The fourth-order valence-corrected chi connectivity index (χ4v) is 2.23. The van der Waals surface area contributed by atoms with Crippen molar-refractivity contribution in [3.63, 3.8) is 0 Å². The maximum atomic E-state index is 12.2. The van der Waals surface area contributed by atoms with Crippen molar-refractivity contribution >= 4 is 27.8 Å². The van der Waals surface area contributed by atoms with Gasteiger partial charge in [-0.25, -0.2) is 0 Å². The van der Waals surface area contributed by atoms with Gasteiger partial charge in [0.2, 0.25) is 5.43 Å². The minimum atomic E-state index is -0.611. The van der Waals surface area contributed by atoms with Crippen LogP contribution < -0.4 is 10.2 Å². The number of carbonyl (C=O) groups excluding carboxylic acids is 1. The van der Waals surface area contributed by atoms with Gasteiger partial charge >= 0.3 is 0 Å². The molecule has 0 radical (unpaired) electrons. The number of ketones is 1. The van der Waals surface area contributed by atoms with Gasteiger partial charge in [0.25, 0.3) is 0 Å². The van der Waals surface area contributed by atoms with Crippen molar-refractivity contribution in [2.24, 2.45) is 0 Å². The van der Waals surface area contributed by atoms with E-state index in [0.29, 0.717) is 10.2 Å². The van der Waals surface area contributed by atoms with Gasteiger partial charge < -0.3 is 9.84 Å². The highest BCUT2D eigenvalue weighted by Gasteiger charge is 2.11. The van der Waals surface area contributed by atoms with Gasteiger partial charge in [-0.3, -0.25) is 9.59 Å². The lowest BCUT2D eigenvalue weighted by atomic mass is 10.1. The minimum absolute atomic E-state index is 0.0620.